The van der Waals surface area contributed by atoms with Crippen molar-refractivity contribution in [2.75, 3.05) is 5.32 Å². The van der Waals surface area contributed by atoms with E-state index in [-0.39, 0.29) is 23.1 Å². The van der Waals surface area contributed by atoms with Crippen molar-refractivity contribution in [2.45, 2.75) is 39.0 Å². The maximum Gasteiger partial charge on any atom is 0.265 e. The first-order valence-corrected chi connectivity index (χ1v) is 9.64. The van der Waals surface area contributed by atoms with Crippen molar-refractivity contribution in [1.29, 1.82) is 0 Å². The molecule has 0 atom stereocenters. The molecule has 1 heterocycles. The number of nitrogens with zero attached hydrogens (tertiary/aromatic N) is 2. The van der Waals surface area contributed by atoms with Crippen LogP contribution in [0.25, 0.3) is 16.6 Å². The summed E-state index contributed by atoms with van der Waals surface area (Å²) in [5.74, 6) is -0.257. The number of rotatable bonds is 3. The van der Waals surface area contributed by atoms with Crippen molar-refractivity contribution in [3.05, 3.63) is 64.5 Å². The van der Waals surface area contributed by atoms with Crippen LogP contribution in [-0.2, 0) is 4.79 Å². The number of carbonyl (C=O) groups is 1. The van der Waals surface area contributed by atoms with Gasteiger partial charge in [0.05, 0.1) is 22.3 Å². The van der Waals surface area contributed by atoms with Gasteiger partial charge in [0.15, 0.2) is 0 Å². The highest BCUT2D eigenvalue weighted by atomic mass is 19.1. The SMILES string of the molecule is Cc1nc2ccccc2c(=O)n1-c1ccc(F)c(NC(=O)C2CCCCC2)c1. The number of aryl methyl sites for hydroxylation is 1. The molecule has 0 radical (unpaired) electrons. The molecule has 3 aromatic rings. The predicted molar refractivity (Wildman–Crippen MR) is 107 cm³/mol. The molecule has 0 spiro atoms. The Bertz CT molecular complexity index is 1100. The topological polar surface area (TPSA) is 64.0 Å². The standard InChI is InChI=1S/C22H22FN3O2/c1-14-24-19-10-6-5-9-17(19)22(28)26(14)16-11-12-18(23)20(13-16)25-21(27)15-7-3-2-4-8-15/h5-6,9-13,15H,2-4,7-8H2,1H3,(H,25,27). The molecule has 1 fully saturated rings. The van der Waals surface area contributed by atoms with E-state index < -0.39 is 5.82 Å². The van der Waals surface area contributed by atoms with Gasteiger partial charge in [-0.15, -0.1) is 0 Å². The third-order valence-electron chi connectivity index (χ3n) is 5.39. The van der Waals surface area contributed by atoms with Crippen molar-refractivity contribution >= 4 is 22.5 Å². The maximum absolute atomic E-state index is 14.3. The quantitative estimate of drug-likeness (QED) is 0.736. The average Bonchev–Trinajstić information content (AvgIpc) is 2.71. The van der Waals surface area contributed by atoms with E-state index in [0.29, 0.717) is 22.4 Å². The normalized spacial score (nSPS) is 14.9. The van der Waals surface area contributed by atoms with E-state index in [1.54, 1.807) is 25.1 Å². The summed E-state index contributed by atoms with van der Waals surface area (Å²) in [6, 6.07) is 11.4. The van der Waals surface area contributed by atoms with Gasteiger partial charge in [0.1, 0.15) is 11.6 Å². The molecule has 1 aliphatic rings. The van der Waals surface area contributed by atoms with Crippen LogP contribution in [0.5, 0.6) is 0 Å². The maximum atomic E-state index is 14.3. The molecule has 1 amide bonds. The summed E-state index contributed by atoms with van der Waals surface area (Å²) in [4.78, 5) is 30.0. The highest BCUT2D eigenvalue weighted by Gasteiger charge is 2.22. The summed E-state index contributed by atoms with van der Waals surface area (Å²) in [7, 11) is 0. The highest BCUT2D eigenvalue weighted by molar-refractivity contribution is 5.93. The Morgan fingerprint density at radius 2 is 1.89 bits per heavy atom. The zero-order chi connectivity index (χ0) is 19.7. The van der Waals surface area contributed by atoms with Gasteiger partial charge in [0.25, 0.3) is 5.56 Å². The van der Waals surface area contributed by atoms with Gasteiger partial charge in [-0.05, 0) is 50.1 Å². The molecule has 5 nitrogen and oxygen atoms in total. The fourth-order valence-corrected chi connectivity index (χ4v) is 3.90. The number of para-hydroxylation sites is 1. The molecular weight excluding hydrogens is 357 g/mol. The molecule has 2 aromatic carbocycles. The number of nitrogens with one attached hydrogen (secondary N) is 1. The summed E-state index contributed by atoms with van der Waals surface area (Å²) in [5.41, 5.74) is 0.960. The summed E-state index contributed by atoms with van der Waals surface area (Å²) in [5, 5.41) is 3.21. The lowest BCUT2D eigenvalue weighted by molar-refractivity contribution is -0.120. The number of carbonyl (C=O) groups excluding carboxylic acids is 1. The van der Waals surface area contributed by atoms with Gasteiger partial charge < -0.3 is 5.32 Å². The molecule has 1 aliphatic carbocycles. The Morgan fingerprint density at radius 3 is 2.68 bits per heavy atom. The number of amides is 1. The molecule has 1 N–H and O–H groups in total. The van der Waals surface area contributed by atoms with Crippen LogP contribution in [0.4, 0.5) is 10.1 Å². The van der Waals surface area contributed by atoms with Gasteiger partial charge in [0, 0.05) is 5.92 Å². The zero-order valence-corrected chi connectivity index (χ0v) is 15.7. The number of hydrogen-bond donors (Lipinski definition) is 1. The predicted octanol–water partition coefficient (Wildman–Crippen LogP) is 4.35. The van der Waals surface area contributed by atoms with Crippen molar-refractivity contribution in [1.82, 2.24) is 9.55 Å². The van der Waals surface area contributed by atoms with E-state index in [4.69, 9.17) is 0 Å². The molecule has 0 saturated heterocycles. The van der Waals surface area contributed by atoms with Crippen LogP contribution >= 0.6 is 0 Å². The Labute approximate surface area is 162 Å². The molecule has 0 aliphatic heterocycles. The Hall–Kier alpha value is -3.02. The summed E-state index contributed by atoms with van der Waals surface area (Å²) < 4.78 is 15.8. The Morgan fingerprint density at radius 1 is 1.14 bits per heavy atom. The lowest BCUT2D eigenvalue weighted by atomic mass is 9.88. The van der Waals surface area contributed by atoms with Gasteiger partial charge in [-0.3, -0.25) is 14.2 Å². The van der Waals surface area contributed by atoms with Crippen LogP contribution in [0.15, 0.2) is 47.3 Å². The van der Waals surface area contributed by atoms with E-state index in [2.05, 4.69) is 10.3 Å². The fourth-order valence-electron chi connectivity index (χ4n) is 3.90. The second-order valence-corrected chi connectivity index (χ2v) is 7.31. The lowest BCUT2D eigenvalue weighted by Gasteiger charge is -2.21. The van der Waals surface area contributed by atoms with Crippen molar-refractivity contribution in [3.63, 3.8) is 0 Å². The van der Waals surface area contributed by atoms with Crippen LogP contribution in [0.1, 0.15) is 37.9 Å². The lowest BCUT2D eigenvalue weighted by Crippen LogP contribution is -2.26. The van der Waals surface area contributed by atoms with Gasteiger partial charge >= 0.3 is 0 Å². The van der Waals surface area contributed by atoms with E-state index >= 15 is 0 Å². The molecule has 144 valence electrons. The van der Waals surface area contributed by atoms with Crippen LogP contribution in [0, 0.1) is 18.7 Å². The van der Waals surface area contributed by atoms with E-state index in [1.165, 1.54) is 22.8 Å². The summed E-state index contributed by atoms with van der Waals surface area (Å²) in [6.45, 7) is 1.73. The molecule has 1 saturated carbocycles. The monoisotopic (exact) mass is 379 g/mol. The average molecular weight is 379 g/mol. The van der Waals surface area contributed by atoms with Crippen molar-refractivity contribution in [2.24, 2.45) is 5.92 Å². The van der Waals surface area contributed by atoms with Crippen LogP contribution < -0.4 is 10.9 Å². The van der Waals surface area contributed by atoms with E-state index in [9.17, 15) is 14.0 Å². The number of fused-ring (bicyclic) bond motifs is 1. The van der Waals surface area contributed by atoms with Gasteiger partial charge in [-0.2, -0.15) is 0 Å². The van der Waals surface area contributed by atoms with Crippen molar-refractivity contribution in [3.8, 4) is 5.69 Å². The fraction of sp³-hybridized carbons (Fsp3) is 0.318. The second kappa shape index (κ2) is 7.54. The smallest absolute Gasteiger partial charge is 0.265 e. The highest BCUT2D eigenvalue weighted by Crippen LogP contribution is 2.26. The first-order chi connectivity index (χ1) is 13.5. The van der Waals surface area contributed by atoms with E-state index in [0.717, 1.165) is 32.1 Å². The Balaban J connectivity index is 1.72. The Kier molecular flexibility index (Phi) is 4.94. The number of hydrogen-bond acceptors (Lipinski definition) is 3. The summed E-state index contributed by atoms with van der Waals surface area (Å²) in [6.07, 6.45) is 4.86. The number of halogens is 1. The molecular formula is C22H22FN3O2. The summed E-state index contributed by atoms with van der Waals surface area (Å²) >= 11 is 0. The van der Waals surface area contributed by atoms with Crippen LogP contribution in [-0.4, -0.2) is 15.5 Å². The molecule has 28 heavy (non-hydrogen) atoms. The van der Waals surface area contributed by atoms with Crippen LogP contribution in [0.2, 0.25) is 0 Å². The molecule has 0 unspecified atom stereocenters. The van der Waals surface area contributed by atoms with Gasteiger partial charge in [0.2, 0.25) is 5.91 Å². The number of anilines is 1. The largest absolute Gasteiger partial charge is 0.323 e. The molecule has 6 heteroatoms. The van der Waals surface area contributed by atoms with Crippen LogP contribution in [0.3, 0.4) is 0 Å². The zero-order valence-electron chi connectivity index (χ0n) is 15.7. The third kappa shape index (κ3) is 3.42. The van der Waals surface area contributed by atoms with Gasteiger partial charge in [-0.25, -0.2) is 9.37 Å². The van der Waals surface area contributed by atoms with Gasteiger partial charge in [-0.1, -0.05) is 31.4 Å². The minimum absolute atomic E-state index is 0.0800. The first kappa shape index (κ1) is 18.3. The van der Waals surface area contributed by atoms with E-state index in [1.807, 2.05) is 6.07 Å². The minimum Gasteiger partial charge on any atom is -0.323 e. The minimum atomic E-state index is -0.521. The molecule has 4 rings (SSSR count). The number of aromatic nitrogens is 2. The number of benzene rings is 2. The second-order valence-electron chi connectivity index (χ2n) is 7.31. The first-order valence-electron chi connectivity index (χ1n) is 9.64. The third-order valence-corrected chi connectivity index (χ3v) is 5.39. The molecule has 1 aromatic heterocycles. The molecule has 0 bridgehead atoms. The van der Waals surface area contributed by atoms with Crippen molar-refractivity contribution < 1.29 is 9.18 Å².